The number of hydrogen-bond donors (Lipinski definition) is 2. The number of carbonyl (C=O) groups excluding carboxylic acids is 2. The highest BCUT2D eigenvalue weighted by molar-refractivity contribution is 7.99. The molecule has 0 aromatic carbocycles. The predicted octanol–water partition coefficient (Wildman–Crippen LogP) is 3.70. The van der Waals surface area contributed by atoms with E-state index < -0.39 is 11.8 Å². The Morgan fingerprint density at radius 3 is 2.92 bits per heavy atom. The van der Waals surface area contributed by atoms with Crippen molar-refractivity contribution in [2.75, 3.05) is 11.1 Å². The molecule has 6 nitrogen and oxygen atoms in total. The van der Waals surface area contributed by atoms with Crippen molar-refractivity contribution < 1.29 is 9.59 Å². The largest absolute Gasteiger partial charge is 0.365 e. The van der Waals surface area contributed by atoms with Crippen molar-refractivity contribution in [2.45, 2.75) is 30.8 Å². The van der Waals surface area contributed by atoms with Crippen LogP contribution in [0.2, 0.25) is 5.02 Å². The molecule has 2 amide bonds. The molecule has 26 heavy (non-hydrogen) atoms. The van der Waals surface area contributed by atoms with Crippen LogP contribution in [0.1, 0.15) is 44.1 Å². The van der Waals surface area contributed by atoms with Gasteiger partial charge >= 0.3 is 0 Å². The number of thiophene rings is 1. The lowest BCUT2D eigenvalue weighted by Crippen LogP contribution is -2.19. The van der Waals surface area contributed by atoms with Crippen LogP contribution < -0.4 is 11.1 Å². The molecule has 136 valence electrons. The highest BCUT2D eigenvalue weighted by Crippen LogP contribution is 2.38. The zero-order chi connectivity index (χ0) is 18.7. The average molecular weight is 409 g/mol. The molecule has 2 heterocycles. The Kier molecular flexibility index (Phi) is 5.95. The molecule has 1 aliphatic carbocycles. The van der Waals surface area contributed by atoms with E-state index in [4.69, 9.17) is 17.3 Å². The van der Waals surface area contributed by atoms with E-state index in [1.54, 1.807) is 6.08 Å². The molecule has 0 spiro atoms. The fourth-order valence-electron chi connectivity index (χ4n) is 2.79. The van der Waals surface area contributed by atoms with Crippen LogP contribution in [0.4, 0.5) is 5.00 Å². The summed E-state index contributed by atoms with van der Waals surface area (Å²) in [5.74, 6) is -0.402. The van der Waals surface area contributed by atoms with Gasteiger partial charge in [0.1, 0.15) is 5.00 Å². The Labute approximate surface area is 164 Å². The summed E-state index contributed by atoms with van der Waals surface area (Å²) in [5.41, 5.74) is 6.99. The lowest BCUT2D eigenvalue weighted by atomic mass is 9.95. The van der Waals surface area contributed by atoms with Crippen molar-refractivity contribution in [3.05, 3.63) is 45.6 Å². The van der Waals surface area contributed by atoms with Gasteiger partial charge in [0, 0.05) is 10.6 Å². The number of nitrogens with one attached hydrogen (secondary N) is 1. The van der Waals surface area contributed by atoms with Crippen LogP contribution in [-0.4, -0.2) is 27.5 Å². The molecule has 0 bridgehead atoms. The van der Waals surface area contributed by atoms with E-state index >= 15 is 0 Å². The minimum absolute atomic E-state index is 0.0648. The number of hydrogen-bond acceptors (Lipinski definition) is 6. The first kappa shape index (κ1) is 18.9. The first-order chi connectivity index (χ1) is 12.5. The van der Waals surface area contributed by atoms with Crippen LogP contribution in [0, 0.1) is 0 Å². The van der Waals surface area contributed by atoms with Gasteiger partial charge in [0.25, 0.3) is 11.8 Å². The quantitative estimate of drug-likeness (QED) is 0.431. The monoisotopic (exact) mass is 408 g/mol. The maximum absolute atomic E-state index is 12.7. The van der Waals surface area contributed by atoms with Gasteiger partial charge < -0.3 is 11.1 Å². The van der Waals surface area contributed by atoms with Crippen molar-refractivity contribution in [3.63, 3.8) is 0 Å². The van der Waals surface area contributed by atoms with Crippen molar-refractivity contribution in [1.29, 1.82) is 0 Å². The maximum atomic E-state index is 12.7. The standard InChI is InChI=1S/C17H17ClN4O2S2/c1-2-7-25-17-20-8-10(18)13(21-17)15(24)22-16-12(14(19)23)9-5-3-4-6-11(9)26-16/h2,8H,1,3-7H2,(H2,19,23)(H,22,24). The molecule has 0 aliphatic heterocycles. The summed E-state index contributed by atoms with van der Waals surface area (Å²) in [6.07, 6.45) is 6.89. The number of primary amides is 1. The summed E-state index contributed by atoms with van der Waals surface area (Å²) in [4.78, 5) is 34.0. The van der Waals surface area contributed by atoms with Gasteiger partial charge in [-0.2, -0.15) is 0 Å². The average Bonchev–Trinajstić information content (AvgIpc) is 2.98. The molecule has 3 N–H and O–H groups in total. The van der Waals surface area contributed by atoms with Crippen LogP contribution in [0.25, 0.3) is 0 Å². The molecule has 0 unspecified atom stereocenters. The van der Waals surface area contributed by atoms with Gasteiger partial charge in [-0.05, 0) is 31.2 Å². The van der Waals surface area contributed by atoms with Crippen LogP contribution in [0.15, 0.2) is 24.0 Å². The molecular formula is C17H17ClN4O2S2. The molecule has 0 radical (unpaired) electrons. The number of nitrogens with zero attached hydrogens (tertiary/aromatic N) is 2. The highest BCUT2D eigenvalue weighted by atomic mass is 35.5. The summed E-state index contributed by atoms with van der Waals surface area (Å²) in [6.45, 7) is 3.64. The molecule has 0 saturated heterocycles. The predicted molar refractivity (Wildman–Crippen MR) is 105 cm³/mol. The topological polar surface area (TPSA) is 98.0 Å². The number of carbonyl (C=O) groups is 2. The van der Waals surface area contributed by atoms with E-state index in [2.05, 4.69) is 21.9 Å². The maximum Gasteiger partial charge on any atom is 0.276 e. The van der Waals surface area contributed by atoms with Crippen molar-refractivity contribution in [1.82, 2.24) is 9.97 Å². The van der Waals surface area contributed by atoms with Crippen molar-refractivity contribution in [3.8, 4) is 0 Å². The second-order valence-corrected chi connectivity index (χ2v) is 8.18. The smallest absolute Gasteiger partial charge is 0.276 e. The third kappa shape index (κ3) is 3.92. The molecule has 0 atom stereocenters. The van der Waals surface area contributed by atoms with E-state index in [9.17, 15) is 9.59 Å². The van der Waals surface area contributed by atoms with E-state index in [1.165, 1.54) is 29.3 Å². The van der Waals surface area contributed by atoms with Crippen molar-refractivity contribution >= 4 is 51.5 Å². The normalized spacial score (nSPS) is 13.1. The minimum Gasteiger partial charge on any atom is -0.365 e. The third-order valence-electron chi connectivity index (χ3n) is 3.91. The summed E-state index contributed by atoms with van der Waals surface area (Å²) in [5, 5.41) is 3.80. The minimum atomic E-state index is -0.532. The van der Waals surface area contributed by atoms with Gasteiger partial charge in [-0.25, -0.2) is 9.97 Å². The molecule has 2 aromatic rings. The molecule has 2 aromatic heterocycles. The van der Waals surface area contributed by atoms with Gasteiger partial charge in [0.2, 0.25) is 0 Å². The van der Waals surface area contributed by atoms with Crippen LogP contribution >= 0.6 is 34.7 Å². The Morgan fingerprint density at radius 2 is 2.19 bits per heavy atom. The lowest BCUT2D eigenvalue weighted by molar-refractivity contribution is 0.100. The van der Waals surface area contributed by atoms with Crippen LogP contribution in [0.5, 0.6) is 0 Å². The number of anilines is 1. The molecule has 0 saturated carbocycles. The SMILES string of the molecule is C=CCSc1ncc(Cl)c(C(=O)Nc2sc3c(c2C(N)=O)CCCC3)n1. The number of fused-ring (bicyclic) bond motifs is 1. The second-order valence-electron chi connectivity index (χ2n) is 5.68. The van der Waals surface area contributed by atoms with Gasteiger partial charge in [0.05, 0.1) is 16.8 Å². The summed E-state index contributed by atoms with van der Waals surface area (Å²) in [6, 6.07) is 0. The Morgan fingerprint density at radius 1 is 1.42 bits per heavy atom. The highest BCUT2D eigenvalue weighted by Gasteiger charge is 2.26. The number of rotatable bonds is 6. The first-order valence-electron chi connectivity index (χ1n) is 8.03. The zero-order valence-electron chi connectivity index (χ0n) is 13.9. The van der Waals surface area contributed by atoms with Crippen LogP contribution in [0.3, 0.4) is 0 Å². The first-order valence-corrected chi connectivity index (χ1v) is 10.2. The number of nitrogens with two attached hydrogens (primary N) is 1. The molecule has 0 fully saturated rings. The fraction of sp³-hybridized carbons (Fsp3) is 0.294. The molecular weight excluding hydrogens is 392 g/mol. The van der Waals surface area contributed by atoms with Gasteiger partial charge in [0.15, 0.2) is 10.9 Å². The van der Waals surface area contributed by atoms with Gasteiger partial charge in [-0.3, -0.25) is 9.59 Å². The number of halogens is 1. The van der Waals surface area contributed by atoms with E-state index in [0.717, 1.165) is 36.1 Å². The fourth-order valence-corrected chi connectivity index (χ4v) is 4.81. The summed E-state index contributed by atoms with van der Waals surface area (Å²) in [7, 11) is 0. The van der Waals surface area contributed by atoms with Crippen LogP contribution in [-0.2, 0) is 12.8 Å². The summed E-state index contributed by atoms with van der Waals surface area (Å²) >= 11 is 8.84. The summed E-state index contributed by atoms with van der Waals surface area (Å²) < 4.78 is 0. The zero-order valence-corrected chi connectivity index (χ0v) is 16.3. The molecule has 1 aliphatic rings. The molecule has 9 heteroatoms. The number of aromatic nitrogens is 2. The second kappa shape index (κ2) is 8.20. The number of thioether (sulfide) groups is 1. The Bertz CT molecular complexity index is 882. The van der Waals surface area contributed by atoms with Gasteiger partial charge in [-0.15, -0.1) is 17.9 Å². The van der Waals surface area contributed by atoms with E-state index in [1.807, 2.05) is 0 Å². The Hall–Kier alpha value is -1.90. The van der Waals surface area contributed by atoms with E-state index in [0.29, 0.717) is 21.5 Å². The third-order valence-corrected chi connectivity index (χ3v) is 6.25. The lowest BCUT2D eigenvalue weighted by Gasteiger charge is -2.11. The van der Waals surface area contributed by atoms with E-state index in [-0.39, 0.29) is 10.7 Å². The Balaban J connectivity index is 1.90. The van der Waals surface area contributed by atoms with Crippen molar-refractivity contribution in [2.24, 2.45) is 5.73 Å². The number of aryl methyl sites for hydroxylation is 1. The van der Waals surface area contributed by atoms with Gasteiger partial charge in [-0.1, -0.05) is 29.4 Å². The number of amides is 2. The molecule has 3 rings (SSSR count).